The lowest BCUT2D eigenvalue weighted by Gasteiger charge is -2.36. The van der Waals surface area contributed by atoms with Crippen LogP contribution in [0.15, 0.2) is 59.5 Å². The minimum absolute atomic E-state index is 0.0931. The van der Waals surface area contributed by atoms with Crippen LogP contribution >= 0.6 is 11.8 Å². The molecule has 0 radical (unpaired) electrons. The highest BCUT2D eigenvalue weighted by atomic mass is 32.2. The van der Waals surface area contributed by atoms with E-state index in [-0.39, 0.29) is 17.0 Å². The number of carbonyl (C=O) groups is 2. The van der Waals surface area contributed by atoms with E-state index >= 15 is 0 Å². The van der Waals surface area contributed by atoms with Gasteiger partial charge in [0, 0.05) is 35.1 Å². The van der Waals surface area contributed by atoms with Crippen molar-refractivity contribution >= 4 is 29.3 Å². The maximum atomic E-state index is 12.8. The van der Waals surface area contributed by atoms with Gasteiger partial charge in [-0.25, -0.2) is 0 Å². The van der Waals surface area contributed by atoms with Crippen molar-refractivity contribution in [3.8, 4) is 0 Å². The first-order valence-corrected chi connectivity index (χ1v) is 10.2. The van der Waals surface area contributed by atoms with Gasteiger partial charge in [0.15, 0.2) is 0 Å². The first-order chi connectivity index (χ1) is 14.3. The molecule has 5 nitrogen and oxygen atoms in total. The van der Waals surface area contributed by atoms with Crippen LogP contribution < -0.4 is 10.6 Å². The lowest BCUT2D eigenvalue weighted by Crippen LogP contribution is -2.47. The summed E-state index contributed by atoms with van der Waals surface area (Å²) in [5, 5.41) is 4.85. The third kappa shape index (κ3) is 5.99. The second kappa shape index (κ2) is 9.53. The van der Waals surface area contributed by atoms with E-state index < -0.39 is 23.6 Å². The van der Waals surface area contributed by atoms with Crippen molar-refractivity contribution in [2.24, 2.45) is 0 Å². The van der Waals surface area contributed by atoms with Gasteiger partial charge in [-0.3, -0.25) is 9.59 Å². The lowest BCUT2D eigenvalue weighted by molar-refractivity contribution is -0.137. The average molecular weight is 438 g/mol. The van der Waals surface area contributed by atoms with E-state index in [0.717, 1.165) is 17.0 Å². The number of alkyl halides is 3. The standard InChI is InChI=1S/C21H21F3N2O3S/c22-21(23,24)15-5-4-6-16(13-15)26-19(28)18(27)25-14-20(9-11-29-12-10-20)30-17-7-2-1-3-8-17/h1-8,13H,9-12,14H2,(H,25,27)(H,26,28). The van der Waals surface area contributed by atoms with Crippen LogP contribution in [0.2, 0.25) is 0 Å². The van der Waals surface area contributed by atoms with Crippen molar-refractivity contribution in [2.75, 3.05) is 25.1 Å². The second-order valence-corrected chi connectivity index (χ2v) is 8.47. The molecule has 1 fully saturated rings. The molecule has 2 N–H and O–H groups in total. The van der Waals surface area contributed by atoms with Crippen LogP contribution in [-0.2, 0) is 20.5 Å². The first-order valence-electron chi connectivity index (χ1n) is 9.36. The highest BCUT2D eigenvalue weighted by Gasteiger charge is 2.35. The summed E-state index contributed by atoms with van der Waals surface area (Å²) in [5.74, 6) is -1.91. The zero-order valence-corrected chi connectivity index (χ0v) is 16.8. The maximum Gasteiger partial charge on any atom is 0.416 e. The average Bonchev–Trinajstić information content (AvgIpc) is 2.73. The van der Waals surface area contributed by atoms with Crippen molar-refractivity contribution in [3.63, 3.8) is 0 Å². The van der Waals surface area contributed by atoms with Crippen molar-refractivity contribution in [2.45, 2.75) is 28.7 Å². The van der Waals surface area contributed by atoms with Crippen LogP contribution in [0.25, 0.3) is 0 Å². The Labute approximate surface area is 176 Å². The molecule has 0 spiro atoms. The fourth-order valence-corrected chi connectivity index (χ4v) is 4.39. The second-order valence-electron chi connectivity index (χ2n) is 6.93. The maximum absolute atomic E-state index is 12.8. The van der Waals surface area contributed by atoms with Gasteiger partial charge in [0.05, 0.1) is 5.56 Å². The molecule has 1 heterocycles. The van der Waals surface area contributed by atoms with Crippen LogP contribution in [0.4, 0.5) is 18.9 Å². The minimum atomic E-state index is -4.53. The van der Waals surface area contributed by atoms with Gasteiger partial charge in [-0.2, -0.15) is 13.2 Å². The van der Waals surface area contributed by atoms with E-state index in [1.165, 1.54) is 12.1 Å². The molecule has 0 saturated carbocycles. The normalized spacial score (nSPS) is 16.0. The van der Waals surface area contributed by atoms with E-state index in [1.807, 2.05) is 30.3 Å². The predicted molar refractivity (Wildman–Crippen MR) is 108 cm³/mol. The van der Waals surface area contributed by atoms with Gasteiger partial charge >= 0.3 is 18.0 Å². The Morgan fingerprint density at radius 1 is 1.00 bits per heavy atom. The number of anilines is 1. The van der Waals surface area contributed by atoms with Gasteiger partial charge in [0.1, 0.15) is 0 Å². The number of carbonyl (C=O) groups excluding carboxylic acids is 2. The molecule has 2 aromatic carbocycles. The molecular formula is C21H21F3N2O3S. The summed E-state index contributed by atoms with van der Waals surface area (Å²) in [4.78, 5) is 25.5. The molecule has 160 valence electrons. The molecule has 0 bridgehead atoms. The third-order valence-corrected chi connectivity index (χ3v) is 6.20. The Balaban J connectivity index is 1.62. The van der Waals surface area contributed by atoms with Crippen molar-refractivity contribution in [1.29, 1.82) is 0 Å². The van der Waals surface area contributed by atoms with Gasteiger partial charge in [0.25, 0.3) is 0 Å². The number of amides is 2. The molecule has 30 heavy (non-hydrogen) atoms. The van der Waals surface area contributed by atoms with Crippen LogP contribution in [0.5, 0.6) is 0 Å². The Hall–Kier alpha value is -2.52. The highest BCUT2D eigenvalue weighted by Crippen LogP contribution is 2.40. The van der Waals surface area contributed by atoms with Crippen LogP contribution in [0, 0.1) is 0 Å². The zero-order valence-electron chi connectivity index (χ0n) is 16.0. The number of ether oxygens (including phenoxy) is 1. The third-order valence-electron chi connectivity index (χ3n) is 4.71. The quantitative estimate of drug-likeness (QED) is 0.690. The van der Waals surface area contributed by atoms with Crippen LogP contribution in [0.3, 0.4) is 0 Å². The molecule has 0 aliphatic carbocycles. The summed E-state index contributed by atoms with van der Waals surface area (Å²) in [5.41, 5.74) is -0.995. The van der Waals surface area contributed by atoms with Crippen molar-refractivity contribution in [1.82, 2.24) is 5.32 Å². The smallest absolute Gasteiger partial charge is 0.381 e. The Bertz CT molecular complexity index is 885. The van der Waals surface area contributed by atoms with E-state index in [9.17, 15) is 22.8 Å². The Morgan fingerprint density at radius 3 is 2.37 bits per heavy atom. The molecule has 2 amide bonds. The van der Waals surface area contributed by atoms with E-state index in [4.69, 9.17) is 4.74 Å². The Kier molecular flexibility index (Phi) is 7.04. The number of benzene rings is 2. The summed E-state index contributed by atoms with van der Waals surface area (Å²) in [7, 11) is 0. The molecule has 9 heteroatoms. The van der Waals surface area contributed by atoms with Crippen molar-refractivity contribution < 1.29 is 27.5 Å². The summed E-state index contributed by atoms with van der Waals surface area (Å²) < 4.78 is 43.5. The fraction of sp³-hybridized carbons (Fsp3) is 0.333. The molecular weight excluding hydrogens is 417 g/mol. The molecule has 3 rings (SSSR count). The van der Waals surface area contributed by atoms with Gasteiger partial charge in [-0.15, -0.1) is 11.8 Å². The molecule has 1 aliphatic heterocycles. The van der Waals surface area contributed by atoms with E-state index in [2.05, 4.69) is 10.6 Å². The SMILES string of the molecule is O=C(NCC1(Sc2ccccc2)CCOCC1)C(=O)Nc1cccc(C(F)(F)F)c1. The summed E-state index contributed by atoms with van der Waals surface area (Å²) >= 11 is 1.62. The first kappa shape index (κ1) is 22.2. The van der Waals surface area contributed by atoms with E-state index in [1.54, 1.807) is 11.8 Å². The number of rotatable bonds is 5. The largest absolute Gasteiger partial charge is 0.416 e. The fourth-order valence-electron chi connectivity index (χ4n) is 3.08. The Morgan fingerprint density at radius 2 is 1.70 bits per heavy atom. The lowest BCUT2D eigenvalue weighted by atomic mass is 9.99. The molecule has 1 saturated heterocycles. The van der Waals surface area contributed by atoms with Gasteiger partial charge in [-0.1, -0.05) is 24.3 Å². The molecule has 1 aliphatic rings. The van der Waals surface area contributed by atoms with Crippen LogP contribution in [0.1, 0.15) is 18.4 Å². The van der Waals surface area contributed by atoms with Gasteiger partial charge in [0.2, 0.25) is 0 Å². The van der Waals surface area contributed by atoms with Gasteiger partial charge in [-0.05, 0) is 43.2 Å². The monoisotopic (exact) mass is 438 g/mol. The molecule has 0 unspecified atom stereocenters. The number of hydrogen-bond donors (Lipinski definition) is 2. The molecule has 0 atom stereocenters. The summed E-state index contributed by atoms with van der Waals surface area (Å²) in [6, 6.07) is 13.9. The van der Waals surface area contributed by atoms with E-state index in [0.29, 0.717) is 26.1 Å². The molecule has 2 aromatic rings. The van der Waals surface area contributed by atoms with Crippen LogP contribution in [-0.4, -0.2) is 36.3 Å². The number of thioether (sulfide) groups is 1. The topological polar surface area (TPSA) is 67.4 Å². The number of hydrogen-bond acceptors (Lipinski definition) is 4. The molecule has 0 aromatic heterocycles. The zero-order chi connectivity index (χ0) is 21.6. The predicted octanol–water partition coefficient (Wildman–Crippen LogP) is 4.10. The highest BCUT2D eigenvalue weighted by molar-refractivity contribution is 8.00. The minimum Gasteiger partial charge on any atom is -0.381 e. The number of halogens is 3. The van der Waals surface area contributed by atoms with Gasteiger partial charge < -0.3 is 15.4 Å². The summed E-state index contributed by atoms with van der Waals surface area (Å²) in [6.07, 6.45) is -3.14. The number of nitrogens with one attached hydrogen (secondary N) is 2. The summed E-state index contributed by atoms with van der Waals surface area (Å²) in [6.45, 7) is 1.34. The van der Waals surface area contributed by atoms with Crippen molar-refractivity contribution in [3.05, 3.63) is 60.2 Å².